The van der Waals surface area contributed by atoms with Gasteiger partial charge in [-0.15, -0.1) is 0 Å². The minimum atomic E-state index is -3.58. The van der Waals surface area contributed by atoms with Gasteiger partial charge < -0.3 is 10.6 Å². The molecule has 8 nitrogen and oxygen atoms in total. The Kier molecular flexibility index (Phi) is 8.19. The summed E-state index contributed by atoms with van der Waals surface area (Å²) in [7, 11) is -0.685. The number of carbonyl (C=O) groups is 2. The highest BCUT2D eigenvalue weighted by atomic mass is 32.2. The normalized spacial score (nSPS) is 12.9. The summed E-state index contributed by atoms with van der Waals surface area (Å²) in [5.41, 5.74) is 0.388. The molecule has 146 valence electrons. The summed E-state index contributed by atoms with van der Waals surface area (Å²) in [5, 5.41) is 5.42. The van der Waals surface area contributed by atoms with Crippen molar-refractivity contribution in [3.8, 4) is 0 Å². The number of anilines is 1. The Morgan fingerprint density at radius 1 is 1.19 bits per heavy atom. The van der Waals surface area contributed by atoms with Crippen LogP contribution in [0.25, 0.3) is 0 Å². The monoisotopic (exact) mass is 384 g/mol. The zero-order chi connectivity index (χ0) is 19.9. The van der Waals surface area contributed by atoms with Gasteiger partial charge in [-0.3, -0.25) is 14.5 Å². The highest BCUT2D eigenvalue weighted by Gasteiger charge is 2.23. The van der Waals surface area contributed by atoms with Crippen molar-refractivity contribution in [2.24, 2.45) is 0 Å². The number of hydrogen-bond acceptors (Lipinski definition) is 5. The Bertz CT molecular complexity index is 734. The fraction of sp³-hybridized carbons (Fsp3) is 0.529. The van der Waals surface area contributed by atoms with Crippen LogP contribution in [0.1, 0.15) is 20.8 Å². The van der Waals surface area contributed by atoms with E-state index in [1.165, 1.54) is 26.2 Å². The Morgan fingerprint density at radius 3 is 2.38 bits per heavy atom. The quantitative estimate of drug-likeness (QED) is 0.654. The average Bonchev–Trinajstić information content (AvgIpc) is 2.59. The number of sulfonamides is 1. The molecule has 2 amide bonds. The third-order valence-electron chi connectivity index (χ3n) is 3.93. The second-order valence-electron chi connectivity index (χ2n) is 6.00. The first-order chi connectivity index (χ1) is 12.1. The number of rotatable bonds is 9. The lowest BCUT2D eigenvalue weighted by atomic mass is 10.2. The van der Waals surface area contributed by atoms with Gasteiger partial charge in [-0.25, -0.2) is 12.7 Å². The summed E-state index contributed by atoms with van der Waals surface area (Å²) in [5.74, 6) is -0.455. The maximum Gasteiger partial charge on any atom is 0.242 e. The van der Waals surface area contributed by atoms with Crippen LogP contribution in [-0.2, 0) is 19.6 Å². The summed E-state index contributed by atoms with van der Waals surface area (Å²) >= 11 is 0. The van der Waals surface area contributed by atoms with Gasteiger partial charge in [-0.05, 0) is 38.6 Å². The third-order valence-corrected chi connectivity index (χ3v) is 5.75. The molecule has 0 aromatic heterocycles. The van der Waals surface area contributed by atoms with Gasteiger partial charge in [-0.2, -0.15) is 0 Å². The van der Waals surface area contributed by atoms with E-state index >= 15 is 0 Å². The first-order valence-electron chi connectivity index (χ1n) is 8.47. The molecule has 1 aromatic rings. The predicted molar refractivity (Wildman–Crippen MR) is 101 cm³/mol. The van der Waals surface area contributed by atoms with E-state index in [2.05, 4.69) is 10.6 Å². The lowest BCUT2D eigenvalue weighted by Gasteiger charge is -2.26. The second-order valence-corrected chi connectivity index (χ2v) is 8.15. The molecule has 1 aromatic carbocycles. The molecular weight excluding hydrogens is 356 g/mol. The van der Waals surface area contributed by atoms with Crippen molar-refractivity contribution in [2.75, 3.05) is 39.0 Å². The molecule has 0 bridgehead atoms. The van der Waals surface area contributed by atoms with Crippen LogP contribution in [0.3, 0.4) is 0 Å². The van der Waals surface area contributed by atoms with E-state index in [1.54, 1.807) is 24.0 Å². The van der Waals surface area contributed by atoms with E-state index in [0.29, 0.717) is 18.8 Å². The maximum atomic E-state index is 12.5. The fourth-order valence-corrected chi connectivity index (χ4v) is 3.27. The standard InChI is InChI=1S/C17H28N4O4S/c1-6-18-16(22)12-21(7-2)13(3)17(23)19-14-9-8-10-15(11-14)26(24,25)20(4)5/h8-11,13H,6-7,12H2,1-5H3,(H,18,22)(H,19,23)/t13-/m1/s1. The number of carbonyl (C=O) groups excluding carboxylic acids is 2. The molecule has 1 rings (SSSR count). The van der Waals surface area contributed by atoms with Crippen molar-refractivity contribution in [1.82, 2.24) is 14.5 Å². The van der Waals surface area contributed by atoms with Crippen LogP contribution < -0.4 is 10.6 Å². The van der Waals surface area contributed by atoms with Crippen molar-refractivity contribution >= 4 is 27.5 Å². The van der Waals surface area contributed by atoms with Gasteiger partial charge in [0.05, 0.1) is 17.5 Å². The van der Waals surface area contributed by atoms with Gasteiger partial charge in [0.2, 0.25) is 21.8 Å². The number of likely N-dealkylation sites (N-methyl/N-ethyl adjacent to an activating group) is 2. The van der Waals surface area contributed by atoms with E-state index in [0.717, 1.165) is 4.31 Å². The minimum Gasteiger partial charge on any atom is -0.355 e. The van der Waals surface area contributed by atoms with Crippen molar-refractivity contribution < 1.29 is 18.0 Å². The van der Waals surface area contributed by atoms with Gasteiger partial charge in [0.15, 0.2) is 0 Å². The topological polar surface area (TPSA) is 98.8 Å². The zero-order valence-corrected chi connectivity index (χ0v) is 16.8. The zero-order valence-electron chi connectivity index (χ0n) is 15.9. The Hall–Kier alpha value is -1.97. The molecule has 0 aliphatic rings. The summed E-state index contributed by atoms with van der Waals surface area (Å²) in [4.78, 5) is 26.1. The molecular formula is C17H28N4O4S. The molecule has 0 unspecified atom stereocenters. The summed E-state index contributed by atoms with van der Waals surface area (Å²) in [6.45, 7) is 6.59. The fourth-order valence-electron chi connectivity index (χ4n) is 2.32. The van der Waals surface area contributed by atoms with Gasteiger partial charge in [0.1, 0.15) is 0 Å². The predicted octanol–water partition coefficient (Wildman–Crippen LogP) is 0.722. The number of amides is 2. The highest BCUT2D eigenvalue weighted by molar-refractivity contribution is 7.89. The maximum absolute atomic E-state index is 12.5. The van der Waals surface area contributed by atoms with E-state index in [9.17, 15) is 18.0 Å². The SMILES string of the molecule is CCNC(=O)CN(CC)[C@H](C)C(=O)Nc1cccc(S(=O)(=O)N(C)C)c1. The molecule has 0 spiro atoms. The number of benzene rings is 1. The smallest absolute Gasteiger partial charge is 0.242 e. The Morgan fingerprint density at radius 2 is 1.85 bits per heavy atom. The first kappa shape index (κ1) is 22.1. The molecule has 0 saturated carbocycles. The number of nitrogens with one attached hydrogen (secondary N) is 2. The van der Waals surface area contributed by atoms with Crippen LogP contribution in [0.15, 0.2) is 29.2 Å². The lowest BCUT2D eigenvalue weighted by Crippen LogP contribution is -2.46. The molecule has 0 radical (unpaired) electrons. The average molecular weight is 385 g/mol. The van der Waals surface area contributed by atoms with Gasteiger partial charge in [0, 0.05) is 26.3 Å². The molecule has 9 heteroatoms. The summed E-state index contributed by atoms with van der Waals surface area (Å²) in [6, 6.07) is 5.54. The third kappa shape index (κ3) is 5.79. The van der Waals surface area contributed by atoms with Gasteiger partial charge >= 0.3 is 0 Å². The molecule has 26 heavy (non-hydrogen) atoms. The van der Waals surface area contributed by atoms with Crippen LogP contribution in [0.2, 0.25) is 0 Å². The van der Waals surface area contributed by atoms with Crippen LogP contribution >= 0.6 is 0 Å². The van der Waals surface area contributed by atoms with E-state index in [1.807, 2.05) is 13.8 Å². The van der Waals surface area contributed by atoms with Crippen LogP contribution in [0, 0.1) is 0 Å². The second kappa shape index (κ2) is 9.65. The molecule has 2 N–H and O–H groups in total. The first-order valence-corrected chi connectivity index (χ1v) is 9.91. The van der Waals surface area contributed by atoms with Crippen molar-refractivity contribution in [2.45, 2.75) is 31.7 Å². The Labute approximate surface area is 155 Å². The summed E-state index contributed by atoms with van der Waals surface area (Å²) in [6.07, 6.45) is 0. The van der Waals surface area contributed by atoms with Gasteiger partial charge in [0.25, 0.3) is 0 Å². The molecule has 0 fully saturated rings. The van der Waals surface area contributed by atoms with E-state index in [-0.39, 0.29) is 23.3 Å². The Balaban J connectivity index is 2.88. The van der Waals surface area contributed by atoms with Crippen molar-refractivity contribution in [3.63, 3.8) is 0 Å². The molecule has 0 aliphatic carbocycles. The number of hydrogen-bond donors (Lipinski definition) is 2. The van der Waals surface area contributed by atoms with Crippen LogP contribution in [0.4, 0.5) is 5.69 Å². The van der Waals surface area contributed by atoms with E-state index in [4.69, 9.17) is 0 Å². The molecule has 0 aliphatic heterocycles. The van der Waals surface area contributed by atoms with Crippen LogP contribution in [-0.4, -0.2) is 69.2 Å². The highest BCUT2D eigenvalue weighted by Crippen LogP contribution is 2.18. The summed E-state index contributed by atoms with van der Waals surface area (Å²) < 4.78 is 25.5. The number of nitrogens with zero attached hydrogens (tertiary/aromatic N) is 2. The largest absolute Gasteiger partial charge is 0.355 e. The van der Waals surface area contributed by atoms with Crippen molar-refractivity contribution in [3.05, 3.63) is 24.3 Å². The van der Waals surface area contributed by atoms with Gasteiger partial charge in [-0.1, -0.05) is 13.0 Å². The van der Waals surface area contributed by atoms with Crippen molar-refractivity contribution in [1.29, 1.82) is 0 Å². The molecule has 0 saturated heterocycles. The van der Waals surface area contributed by atoms with E-state index < -0.39 is 16.1 Å². The molecule has 0 heterocycles. The molecule has 1 atom stereocenters. The minimum absolute atomic E-state index is 0.0997. The van der Waals surface area contributed by atoms with Crippen LogP contribution in [0.5, 0.6) is 0 Å². The lowest BCUT2D eigenvalue weighted by molar-refractivity contribution is -0.125.